The number of thiazole rings is 1. The number of hydrogen-bond acceptors (Lipinski definition) is 3. The summed E-state index contributed by atoms with van der Waals surface area (Å²) in [6.45, 7) is -4.85. The molecule has 8 heteroatoms. The molecule has 12 heavy (non-hydrogen) atoms. The van der Waals surface area contributed by atoms with E-state index in [1.165, 1.54) is 11.8 Å². The van der Waals surface area contributed by atoms with Crippen molar-refractivity contribution in [2.75, 3.05) is 6.26 Å². The summed E-state index contributed by atoms with van der Waals surface area (Å²) in [6.07, 6.45) is 2.59. The minimum atomic E-state index is -4.85. The molecule has 0 fully saturated rings. The van der Waals surface area contributed by atoms with Gasteiger partial charge in [0.1, 0.15) is 4.34 Å². The quantitative estimate of drug-likeness (QED) is 0.479. The maximum atomic E-state index is 12.0. The van der Waals surface area contributed by atoms with E-state index in [0.717, 1.165) is 6.20 Å². The first kappa shape index (κ1) is 13.5. The maximum Gasteiger partial charge on any atom is 1.00 e. The predicted octanol–water partition coefficient (Wildman–Crippen LogP) is -1.08. The first-order valence-electron chi connectivity index (χ1n) is 2.73. The van der Waals surface area contributed by atoms with Gasteiger partial charge in [-0.05, 0) is 11.0 Å². The standard InChI is InChI=1S/C4H4BF3NS2.K/c1-10-4-9-2-3(11-4)5(6,7)8;/h2H,1H3;/q-1;+1. The van der Waals surface area contributed by atoms with Gasteiger partial charge in [0.15, 0.2) is 0 Å². The Morgan fingerprint density at radius 2 is 2.08 bits per heavy atom. The van der Waals surface area contributed by atoms with E-state index >= 15 is 0 Å². The van der Waals surface area contributed by atoms with Crippen molar-refractivity contribution in [2.45, 2.75) is 4.34 Å². The van der Waals surface area contributed by atoms with Gasteiger partial charge in [-0.2, -0.15) is 0 Å². The second-order valence-electron chi connectivity index (χ2n) is 1.81. The Bertz CT molecular complexity index is 251. The van der Waals surface area contributed by atoms with Crippen molar-refractivity contribution in [1.82, 2.24) is 4.98 Å². The maximum absolute atomic E-state index is 12.0. The number of hydrogen-bond donors (Lipinski definition) is 0. The molecule has 0 radical (unpaired) electrons. The summed E-state index contributed by atoms with van der Waals surface area (Å²) in [7, 11) is 0. The zero-order chi connectivity index (χ0) is 8.48. The SMILES string of the molecule is CSc1ncc([B-](F)(F)F)s1.[K+]. The number of rotatable bonds is 2. The van der Waals surface area contributed by atoms with Crippen LogP contribution in [-0.2, 0) is 0 Å². The van der Waals surface area contributed by atoms with Gasteiger partial charge in [-0.15, -0.1) is 11.3 Å². The van der Waals surface area contributed by atoms with E-state index in [4.69, 9.17) is 0 Å². The molecule has 1 rings (SSSR count). The van der Waals surface area contributed by atoms with Crippen LogP contribution in [0.5, 0.6) is 0 Å². The third-order valence-electron chi connectivity index (χ3n) is 1.000. The van der Waals surface area contributed by atoms with Crippen LogP contribution in [-0.4, -0.2) is 18.2 Å². The normalized spacial score (nSPS) is 11.0. The molecule has 0 spiro atoms. The molecule has 1 heterocycles. The second-order valence-corrected chi connectivity index (χ2v) is 3.92. The first-order chi connectivity index (χ1) is 5.04. The number of halogens is 3. The molecule has 0 aliphatic carbocycles. The molecule has 1 nitrogen and oxygen atoms in total. The summed E-state index contributed by atoms with van der Waals surface area (Å²) in [4.78, 5) is 3.58. The fourth-order valence-electron chi connectivity index (χ4n) is 0.516. The molecular formula is C4H4BF3KNS2. The zero-order valence-corrected chi connectivity index (χ0v) is 11.3. The van der Waals surface area contributed by atoms with Crippen LogP contribution in [0.25, 0.3) is 0 Å². The molecular weight excluding hydrogens is 233 g/mol. The fraction of sp³-hybridized carbons (Fsp3) is 0.250. The average Bonchev–Trinajstić information content (AvgIpc) is 2.32. The van der Waals surface area contributed by atoms with E-state index in [9.17, 15) is 12.9 Å². The van der Waals surface area contributed by atoms with Crippen molar-refractivity contribution in [3.63, 3.8) is 0 Å². The molecule has 0 aliphatic heterocycles. The largest absolute Gasteiger partial charge is 1.00 e. The van der Waals surface area contributed by atoms with E-state index in [1.54, 1.807) is 6.26 Å². The van der Waals surface area contributed by atoms with Crippen LogP contribution in [0, 0.1) is 0 Å². The Morgan fingerprint density at radius 3 is 2.33 bits per heavy atom. The topological polar surface area (TPSA) is 12.9 Å². The van der Waals surface area contributed by atoms with E-state index in [0.29, 0.717) is 15.7 Å². The summed E-state index contributed by atoms with van der Waals surface area (Å²) in [5, 5.41) is 0. The van der Waals surface area contributed by atoms with Gasteiger partial charge >= 0.3 is 58.4 Å². The third kappa shape index (κ3) is 3.69. The Hall–Kier alpha value is 1.47. The van der Waals surface area contributed by atoms with Crippen molar-refractivity contribution < 1.29 is 64.3 Å². The van der Waals surface area contributed by atoms with E-state index in [1.807, 2.05) is 0 Å². The predicted molar refractivity (Wildman–Crippen MR) is 42.6 cm³/mol. The van der Waals surface area contributed by atoms with Crippen LogP contribution in [0.4, 0.5) is 12.9 Å². The molecule has 62 valence electrons. The summed E-state index contributed by atoms with van der Waals surface area (Å²) >= 11 is 1.92. The van der Waals surface area contributed by atoms with Gasteiger partial charge in [-0.25, -0.2) is 4.98 Å². The molecule has 0 aliphatic rings. The van der Waals surface area contributed by atoms with Crippen LogP contribution in [0.1, 0.15) is 0 Å². The Balaban J connectivity index is 0.00000121. The summed E-state index contributed by atoms with van der Waals surface area (Å²) in [6, 6.07) is 0. The molecule has 0 bridgehead atoms. The Labute approximate surface area is 119 Å². The first-order valence-corrected chi connectivity index (χ1v) is 4.78. The van der Waals surface area contributed by atoms with E-state index in [2.05, 4.69) is 4.98 Å². The summed E-state index contributed by atoms with van der Waals surface area (Å²) < 4.78 is 35.8. The van der Waals surface area contributed by atoms with Crippen molar-refractivity contribution in [3.05, 3.63) is 6.20 Å². The van der Waals surface area contributed by atoms with Gasteiger partial charge in [0.25, 0.3) is 0 Å². The molecule has 0 saturated heterocycles. The van der Waals surface area contributed by atoms with Crippen LogP contribution in [0.3, 0.4) is 0 Å². The molecule has 0 unspecified atom stereocenters. The molecule has 0 N–H and O–H groups in total. The Kier molecular flexibility index (Phi) is 6.04. The monoisotopic (exact) mass is 237 g/mol. The van der Waals surface area contributed by atoms with Crippen LogP contribution < -0.4 is 56.2 Å². The van der Waals surface area contributed by atoms with Gasteiger partial charge in [0.05, 0.1) is 0 Å². The average molecular weight is 237 g/mol. The van der Waals surface area contributed by atoms with Gasteiger partial charge in [-0.1, -0.05) is 11.8 Å². The van der Waals surface area contributed by atoms with Crippen LogP contribution in [0.15, 0.2) is 10.5 Å². The molecule has 1 aromatic rings. The van der Waals surface area contributed by atoms with Gasteiger partial charge in [0.2, 0.25) is 0 Å². The minimum Gasteiger partial charge on any atom is -0.444 e. The van der Waals surface area contributed by atoms with E-state index < -0.39 is 11.8 Å². The van der Waals surface area contributed by atoms with Crippen LogP contribution >= 0.6 is 23.1 Å². The smallest absolute Gasteiger partial charge is 0.444 e. The molecule has 1 aromatic heterocycles. The van der Waals surface area contributed by atoms with Crippen molar-refractivity contribution in [1.29, 1.82) is 0 Å². The van der Waals surface area contributed by atoms with E-state index in [-0.39, 0.29) is 51.4 Å². The molecule has 0 atom stereocenters. The van der Waals surface area contributed by atoms with Gasteiger partial charge in [0, 0.05) is 6.20 Å². The number of thioether (sulfide) groups is 1. The number of aromatic nitrogens is 1. The van der Waals surface area contributed by atoms with Gasteiger partial charge < -0.3 is 12.9 Å². The van der Waals surface area contributed by atoms with Crippen molar-refractivity contribution >= 4 is 34.9 Å². The third-order valence-corrected chi connectivity index (χ3v) is 3.09. The number of nitrogens with zero attached hydrogens (tertiary/aromatic N) is 1. The summed E-state index contributed by atoms with van der Waals surface area (Å²) in [5.74, 6) is 0. The zero-order valence-electron chi connectivity index (χ0n) is 6.55. The molecule has 0 saturated carbocycles. The summed E-state index contributed by atoms with van der Waals surface area (Å²) in [5.41, 5.74) is 0. The van der Waals surface area contributed by atoms with Gasteiger partial charge in [-0.3, -0.25) is 0 Å². The minimum absolute atomic E-state index is 0. The van der Waals surface area contributed by atoms with Crippen molar-refractivity contribution in [3.8, 4) is 0 Å². The Morgan fingerprint density at radius 1 is 1.50 bits per heavy atom. The fourth-order valence-corrected chi connectivity index (χ4v) is 1.84. The molecule has 0 amide bonds. The van der Waals surface area contributed by atoms with Crippen LogP contribution in [0.2, 0.25) is 0 Å². The van der Waals surface area contributed by atoms with Crippen molar-refractivity contribution in [2.24, 2.45) is 0 Å². The second kappa shape index (κ2) is 5.38. The molecule has 0 aromatic carbocycles.